The van der Waals surface area contributed by atoms with Gasteiger partial charge in [-0.3, -0.25) is 4.79 Å². The van der Waals surface area contributed by atoms with Crippen LogP contribution in [0.2, 0.25) is 0 Å². The molecule has 2 fully saturated rings. The van der Waals surface area contributed by atoms with Crippen LogP contribution in [0.3, 0.4) is 0 Å². The van der Waals surface area contributed by atoms with Crippen molar-refractivity contribution in [2.75, 3.05) is 32.6 Å². The van der Waals surface area contributed by atoms with E-state index in [1.54, 1.807) is 14.2 Å². The number of nitrogens with zero attached hydrogens (tertiary/aromatic N) is 1. The molecule has 1 aliphatic carbocycles. The Labute approximate surface area is 173 Å². The number of methoxy groups -OCH3 is 2. The second kappa shape index (κ2) is 7.97. The molecule has 1 aliphatic heterocycles. The Balaban J connectivity index is 1.47. The summed E-state index contributed by atoms with van der Waals surface area (Å²) in [5, 5.41) is 3.58. The molecule has 2 aliphatic rings. The number of benzene rings is 2. The molecule has 1 N–H and O–H groups in total. The number of aryl methyl sites for hydroxylation is 1. The van der Waals surface area contributed by atoms with Gasteiger partial charge in [-0.15, -0.1) is 0 Å². The highest BCUT2D eigenvalue weighted by Crippen LogP contribution is 2.50. The second-order valence-corrected chi connectivity index (χ2v) is 8.29. The van der Waals surface area contributed by atoms with Gasteiger partial charge in [-0.1, -0.05) is 29.8 Å². The van der Waals surface area contributed by atoms with E-state index < -0.39 is 0 Å². The molecule has 29 heavy (non-hydrogen) atoms. The van der Waals surface area contributed by atoms with Crippen LogP contribution >= 0.6 is 0 Å². The number of piperidine rings is 1. The molecule has 2 aromatic rings. The first-order chi connectivity index (χ1) is 14.0. The van der Waals surface area contributed by atoms with Crippen molar-refractivity contribution in [3.8, 4) is 11.5 Å². The molecule has 1 saturated heterocycles. The summed E-state index contributed by atoms with van der Waals surface area (Å²) in [5.41, 5.74) is 3.05. The van der Waals surface area contributed by atoms with Crippen LogP contribution in [0, 0.1) is 6.92 Å². The fourth-order valence-electron chi connectivity index (χ4n) is 4.40. The SMILES string of the molecule is COc1cc(NC2CCCN(C(=O)C3(c4cccc(C)c4)CC3)C2)cc(OC)c1. The number of ether oxygens (including phenoxy) is 2. The van der Waals surface area contributed by atoms with Gasteiger partial charge in [0.1, 0.15) is 11.5 Å². The number of likely N-dealkylation sites (tertiary alicyclic amines) is 1. The summed E-state index contributed by atoms with van der Waals surface area (Å²) in [7, 11) is 3.31. The summed E-state index contributed by atoms with van der Waals surface area (Å²) in [6.45, 7) is 3.66. The molecule has 1 heterocycles. The third kappa shape index (κ3) is 4.04. The maximum atomic E-state index is 13.5. The first-order valence-electron chi connectivity index (χ1n) is 10.4. The zero-order valence-electron chi connectivity index (χ0n) is 17.5. The van der Waals surface area contributed by atoms with Crippen LogP contribution in [0.5, 0.6) is 11.5 Å². The topological polar surface area (TPSA) is 50.8 Å². The van der Waals surface area contributed by atoms with E-state index in [9.17, 15) is 4.79 Å². The lowest BCUT2D eigenvalue weighted by Gasteiger charge is -2.36. The molecule has 0 spiro atoms. The molecule has 1 saturated carbocycles. The fourth-order valence-corrected chi connectivity index (χ4v) is 4.40. The lowest BCUT2D eigenvalue weighted by Crippen LogP contribution is -2.48. The van der Waals surface area contributed by atoms with Crippen LogP contribution in [0.4, 0.5) is 5.69 Å². The van der Waals surface area contributed by atoms with E-state index in [0.717, 1.165) is 56.0 Å². The first-order valence-corrected chi connectivity index (χ1v) is 10.4. The van der Waals surface area contributed by atoms with Crippen molar-refractivity contribution in [2.24, 2.45) is 0 Å². The van der Waals surface area contributed by atoms with E-state index in [1.807, 2.05) is 18.2 Å². The zero-order chi connectivity index (χ0) is 20.4. The molecule has 0 radical (unpaired) electrons. The molecular formula is C24H30N2O3. The lowest BCUT2D eigenvalue weighted by atomic mass is 9.91. The highest BCUT2D eigenvalue weighted by Gasteiger charge is 2.53. The molecule has 5 heteroatoms. The Morgan fingerprint density at radius 2 is 1.83 bits per heavy atom. The number of carbonyl (C=O) groups is 1. The van der Waals surface area contributed by atoms with Crippen LogP contribution in [0.15, 0.2) is 42.5 Å². The van der Waals surface area contributed by atoms with Gasteiger partial charge in [-0.2, -0.15) is 0 Å². The summed E-state index contributed by atoms with van der Waals surface area (Å²) in [5.74, 6) is 1.80. The number of anilines is 1. The van der Waals surface area contributed by atoms with Gasteiger partial charge in [-0.25, -0.2) is 0 Å². The Kier molecular flexibility index (Phi) is 5.39. The van der Waals surface area contributed by atoms with Crippen LogP contribution in [-0.2, 0) is 10.2 Å². The van der Waals surface area contributed by atoms with Gasteiger partial charge in [0, 0.05) is 43.0 Å². The van der Waals surface area contributed by atoms with E-state index in [0.29, 0.717) is 0 Å². The minimum absolute atomic E-state index is 0.220. The Morgan fingerprint density at radius 1 is 1.10 bits per heavy atom. The van der Waals surface area contributed by atoms with E-state index in [4.69, 9.17) is 9.47 Å². The van der Waals surface area contributed by atoms with Crippen molar-refractivity contribution in [3.63, 3.8) is 0 Å². The van der Waals surface area contributed by atoms with Gasteiger partial charge in [-0.05, 0) is 38.2 Å². The summed E-state index contributed by atoms with van der Waals surface area (Å²) >= 11 is 0. The molecule has 0 bridgehead atoms. The molecule has 2 aromatic carbocycles. The first kappa shape index (κ1) is 19.6. The normalized spacial score (nSPS) is 20.1. The van der Waals surface area contributed by atoms with Gasteiger partial charge in [0.25, 0.3) is 0 Å². The Hall–Kier alpha value is -2.69. The van der Waals surface area contributed by atoms with E-state index in [-0.39, 0.29) is 17.4 Å². The monoisotopic (exact) mass is 394 g/mol. The average molecular weight is 395 g/mol. The maximum Gasteiger partial charge on any atom is 0.233 e. The Morgan fingerprint density at radius 3 is 2.45 bits per heavy atom. The fraction of sp³-hybridized carbons (Fsp3) is 0.458. The lowest BCUT2D eigenvalue weighted by molar-refractivity contribution is -0.135. The van der Waals surface area contributed by atoms with Gasteiger partial charge in [0.05, 0.1) is 19.6 Å². The number of hydrogen-bond acceptors (Lipinski definition) is 4. The molecule has 1 unspecified atom stereocenters. The van der Waals surface area contributed by atoms with Crippen molar-refractivity contribution in [1.82, 2.24) is 4.90 Å². The predicted octanol–water partition coefficient (Wildman–Crippen LogP) is 4.15. The Bertz CT molecular complexity index is 869. The van der Waals surface area contributed by atoms with Crippen LogP contribution in [-0.4, -0.2) is 44.2 Å². The predicted molar refractivity (Wildman–Crippen MR) is 115 cm³/mol. The van der Waals surface area contributed by atoms with E-state index in [2.05, 4.69) is 41.4 Å². The highest BCUT2D eigenvalue weighted by molar-refractivity contribution is 5.91. The summed E-state index contributed by atoms with van der Waals surface area (Å²) in [6, 6.07) is 14.5. The minimum Gasteiger partial charge on any atom is -0.497 e. The number of hydrogen-bond donors (Lipinski definition) is 1. The third-order valence-corrected chi connectivity index (χ3v) is 6.16. The molecule has 4 rings (SSSR count). The van der Waals surface area contributed by atoms with Gasteiger partial charge >= 0.3 is 0 Å². The van der Waals surface area contributed by atoms with Crippen molar-refractivity contribution in [3.05, 3.63) is 53.6 Å². The van der Waals surface area contributed by atoms with E-state index >= 15 is 0 Å². The molecule has 154 valence electrons. The molecule has 5 nitrogen and oxygen atoms in total. The van der Waals surface area contributed by atoms with Gasteiger partial charge in [0.2, 0.25) is 5.91 Å². The number of amides is 1. The summed E-state index contributed by atoms with van der Waals surface area (Å²) < 4.78 is 10.7. The van der Waals surface area contributed by atoms with Crippen LogP contribution < -0.4 is 14.8 Å². The molecule has 1 atom stereocenters. The number of nitrogens with one attached hydrogen (secondary N) is 1. The quantitative estimate of drug-likeness (QED) is 0.800. The summed E-state index contributed by atoms with van der Waals surface area (Å²) in [6.07, 6.45) is 3.96. The van der Waals surface area contributed by atoms with Gasteiger partial charge in [0.15, 0.2) is 0 Å². The zero-order valence-corrected chi connectivity index (χ0v) is 17.5. The van der Waals surface area contributed by atoms with Crippen molar-refractivity contribution in [1.29, 1.82) is 0 Å². The van der Waals surface area contributed by atoms with Crippen LogP contribution in [0.1, 0.15) is 36.8 Å². The smallest absolute Gasteiger partial charge is 0.233 e. The maximum absolute atomic E-state index is 13.5. The molecule has 0 aromatic heterocycles. The van der Waals surface area contributed by atoms with Gasteiger partial charge < -0.3 is 19.7 Å². The van der Waals surface area contributed by atoms with Crippen molar-refractivity contribution < 1.29 is 14.3 Å². The number of carbonyl (C=O) groups excluding carboxylic acids is 1. The van der Waals surface area contributed by atoms with Crippen molar-refractivity contribution >= 4 is 11.6 Å². The van der Waals surface area contributed by atoms with Crippen molar-refractivity contribution in [2.45, 2.75) is 44.1 Å². The number of rotatable bonds is 6. The standard InChI is InChI=1S/C24H30N2O3/c1-17-6-4-7-18(12-17)24(9-10-24)23(27)26-11-5-8-19(16-26)25-20-13-21(28-2)15-22(14-20)29-3/h4,6-7,12-15,19,25H,5,8-11,16H2,1-3H3. The van der Waals surface area contributed by atoms with E-state index in [1.165, 1.54) is 11.1 Å². The third-order valence-electron chi connectivity index (χ3n) is 6.16. The molecule has 1 amide bonds. The minimum atomic E-state index is -0.299. The molecular weight excluding hydrogens is 364 g/mol. The summed E-state index contributed by atoms with van der Waals surface area (Å²) in [4.78, 5) is 15.5. The second-order valence-electron chi connectivity index (χ2n) is 8.29. The largest absolute Gasteiger partial charge is 0.497 e. The highest BCUT2D eigenvalue weighted by atomic mass is 16.5. The van der Waals surface area contributed by atoms with Crippen LogP contribution in [0.25, 0.3) is 0 Å². The average Bonchev–Trinajstić information content (AvgIpc) is 3.55.